The molecule has 0 bridgehead atoms. The molecule has 0 amide bonds. The van der Waals surface area contributed by atoms with Crippen molar-refractivity contribution in [3.8, 4) is 11.5 Å². The average molecular weight is 399 g/mol. The highest BCUT2D eigenvalue weighted by Gasteiger charge is 2.14. The normalized spacial score (nSPS) is 13.4. The van der Waals surface area contributed by atoms with Gasteiger partial charge in [-0.1, -0.05) is 84.4 Å². The molecule has 2 heteroatoms. The Labute approximate surface area is 179 Å². The Hall–Kier alpha value is -1.70. The van der Waals surface area contributed by atoms with E-state index in [1.807, 2.05) is 0 Å². The lowest BCUT2D eigenvalue weighted by molar-refractivity contribution is 0.199. The molecule has 0 saturated carbocycles. The minimum absolute atomic E-state index is 0.614. The Kier molecular flexibility index (Phi) is 10.4. The molecule has 0 N–H and O–H groups in total. The standard InChI is InChI=1S/C27H42O2/c1-6-10-14-22(8-3)19-28-26-17-24-16-12-13-21(5)25(24)18-27(26)29-20-23(9-4)15-11-7-2/h12-13,16-18,22-23H,6-11,14-15,19-20H2,1-5H3. The molecule has 0 heterocycles. The first kappa shape index (κ1) is 23.6. The van der Waals surface area contributed by atoms with E-state index in [4.69, 9.17) is 9.47 Å². The maximum Gasteiger partial charge on any atom is 0.161 e. The van der Waals surface area contributed by atoms with E-state index in [0.717, 1.165) is 37.6 Å². The third-order valence-electron chi connectivity index (χ3n) is 6.20. The summed E-state index contributed by atoms with van der Waals surface area (Å²) in [5.41, 5.74) is 1.28. The highest BCUT2D eigenvalue weighted by atomic mass is 16.5. The molecule has 2 nitrogen and oxygen atoms in total. The van der Waals surface area contributed by atoms with E-state index in [9.17, 15) is 0 Å². The number of ether oxygens (including phenoxy) is 2. The molecule has 2 aromatic carbocycles. The van der Waals surface area contributed by atoms with E-state index in [0.29, 0.717) is 11.8 Å². The van der Waals surface area contributed by atoms with Crippen LogP contribution in [0.4, 0.5) is 0 Å². The zero-order chi connectivity index (χ0) is 21.1. The van der Waals surface area contributed by atoms with Crippen LogP contribution in [-0.2, 0) is 0 Å². The van der Waals surface area contributed by atoms with Crippen molar-refractivity contribution < 1.29 is 9.47 Å². The van der Waals surface area contributed by atoms with Gasteiger partial charge in [-0.2, -0.15) is 0 Å². The maximum atomic E-state index is 6.37. The smallest absolute Gasteiger partial charge is 0.161 e. The quantitative estimate of drug-likeness (QED) is 0.318. The SMILES string of the molecule is CCCCC(CC)COc1cc2cccc(C)c2cc1OCC(CC)CCCC. The van der Waals surface area contributed by atoms with E-state index in [1.165, 1.54) is 54.9 Å². The number of unbranched alkanes of at least 4 members (excludes halogenated alkanes) is 2. The topological polar surface area (TPSA) is 18.5 Å². The second-order valence-electron chi connectivity index (χ2n) is 8.55. The summed E-state index contributed by atoms with van der Waals surface area (Å²) in [4.78, 5) is 0. The zero-order valence-electron chi connectivity index (χ0n) is 19.4. The monoisotopic (exact) mass is 398 g/mol. The Morgan fingerprint density at radius 2 is 1.31 bits per heavy atom. The van der Waals surface area contributed by atoms with Crippen LogP contribution in [0.15, 0.2) is 30.3 Å². The highest BCUT2D eigenvalue weighted by Crippen LogP contribution is 2.35. The molecule has 0 aliphatic heterocycles. The predicted octanol–water partition coefficient (Wildman–Crippen LogP) is 8.34. The molecule has 0 aromatic heterocycles. The fourth-order valence-electron chi connectivity index (χ4n) is 3.88. The first-order valence-electron chi connectivity index (χ1n) is 11.9. The van der Waals surface area contributed by atoms with Crippen LogP contribution in [0.3, 0.4) is 0 Å². The molecule has 29 heavy (non-hydrogen) atoms. The van der Waals surface area contributed by atoms with Crippen LogP contribution < -0.4 is 9.47 Å². The highest BCUT2D eigenvalue weighted by molar-refractivity contribution is 5.88. The molecule has 0 fully saturated rings. The largest absolute Gasteiger partial charge is 0.489 e. The lowest BCUT2D eigenvalue weighted by Crippen LogP contribution is -2.14. The van der Waals surface area contributed by atoms with Crippen LogP contribution in [-0.4, -0.2) is 13.2 Å². The van der Waals surface area contributed by atoms with E-state index in [2.05, 4.69) is 65.0 Å². The van der Waals surface area contributed by atoms with Gasteiger partial charge in [-0.05, 0) is 60.1 Å². The molecule has 2 aromatic rings. The van der Waals surface area contributed by atoms with Crippen LogP contribution in [0.2, 0.25) is 0 Å². The van der Waals surface area contributed by atoms with E-state index in [-0.39, 0.29) is 0 Å². The summed E-state index contributed by atoms with van der Waals surface area (Å²) < 4.78 is 12.7. The molecule has 2 atom stereocenters. The first-order valence-corrected chi connectivity index (χ1v) is 11.9. The molecular weight excluding hydrogens is 356 g/mol. The van der Waals surface area contributed by atoms with Crippen molar-refractivity contribution in [2.24, 2.45) is 11.8 Å². The Bertz CT molecular complexity index is 722. The third kappa shape index (κ3) is 7.24. The van der Waals surface area contributed by atoms with Crippen molar-refractivity contribution >= 4 is 10.8 Å². The Morgan fingerprint density at radius 3 is 1.83 bits per heavy atom. The van der Waals surface area contributed by atoms with Crippen molar-refractivity contribution in [1.82, 2.24) is 0 Å². The van der Waals surface area contributed by atoms with Crippen molar-refractivity contribution in [2.75, 3.05) is 13.2 Å². The van der Waals surface area contributed by atoms with Gasteiger partial charge in [0.25, 0.3) is 0 Å². The van der Waals surface area contributed by atoms with E-state index in [1.54, 1.807) is 0 Å². The summed E-state index contributed by atoms with van der Waals surface area (Å²) in [6, 6.07) is 10.8. The summed E-state index contributed by atoms with van der Waals surface area (Å²) in [5.74, 6) is 3.04. The van der Waals surface area contributed by atoms with Gasteiger partial charge in [0, 0.05) is 0 Å². The molecule has 162 valence electrons. The van der Waals surface area contributed by atoms with Crippen molar-refractivity contribution in [3.05, 3.63) is 35.9 Å². The maximum absolute atomic E-state index is 6.37. The molecule has 0 radical (unpaired) electrons. The van der Waals surface area contributed by atoms with E-state index >= 15 is 0 Å². The van der Waals surface area contributed by atoms with Gasteiger partial charge < -0.3 is 9.47 Å². The summed E-state index contributed by atoms with van der Waals surface area (Å²) in [6.07, 6.45) is 9.85. The summed E-state index contributed by atoms with van der Waals surface area (Å²) in [5, 5.41) is 2.49. The summed E-state index contributed by atoms with van der Waals surface area (Å²) in [6.45, 7) is 12.8. The molecule has 2 unspecified atom stereocenters. The third-order valence-corrected chi connectivity index (χ3v) is 6.20. The number of benzene rings is 2. The molecular formula is C27H42O2. The van der Waals surface area contributed by atoms with Gasteiger partial charge in [0.2, 0.25) is 0 Å². The van der Waals surface area contributed by atoms with E-state index < -0.39 is 0 Å². The molecule has 0 spiro atoms. The lowest BCUT2D eigenvalue weighted by Gasteiger charge is -2.21. The van der Waals surface area contributed by atoms with Crippen LogP contribution in [0, 0.1) is 18.8 Å². The fourth-order valence-corrected chi connectivity index (χ4v) is 3.88. The Balaban J connectivity index is 2.20. The Morgan fingerprint density at radius 1 is 0.759 bits per heavy atom. The number of hydrogen-bond donors (Lipinski definition) is 0. The van der Waals surface area contributed by atoms with Gasteiger partial charge in [0.1, 0.15) is 0 Å². The minimum atomic E-state index is 0.614. The molecule has 2 rings (SSSR count). The summed E-state index contributed by atoms with van der Waals surface area (Å²) in [7, 11) is 0. The van der Waals surface area contributed by atoms with Gasteiger partial charge in [0.05, 0.1) is 13.2 Å². The average Bonchev–Trinajstić information content (AvgIpc) is 2.74. The number of aryl methyl sites for hydroxylation is 1. The van der Waals surface area contributed by atoms with Gasteiger partial charge in [-0.25, -0.2) is 0 Å². The minimum Gasteiger partial charge on any atom is -0.489 e. The molecule has 0 aliphatic carbocycles. The fraction of sp³-hybridized carbons (Fsp3) is 0.630. The van der Waals surface area contributed by atoms with Gasteiger partial charge >= 0.3 is 0 Å². The molecule has 0 saturated heterocycles. The lowest BCUT2D eigenvalue weighted by atomic mass is 10.00. The second-order valence-corrected chi connectivity index (χ2v) is 8.55. The van der Waals surface area contributed by atoms with Crippen LogP contribution >= 0.6 is 0 Å². The van der Waals surface area contributed by atoms with Gasteiger partial charge in [-0.3, -0.25) is 0 Å². The van der Waals surface area contributed by atoms with Gasteiger partial charge in [0.15, 0.2) is 11.5 Å². The van der Waals surface area contributed by atoms with Crippen molar-refractivity contribution in [1.29, 1.82) is 0 Å². The van der Waals surface area contributed by atoms with Crippen molar-refractivity contribution in [2.45, 2.75) is 86.0 Å². The number of rotatable bonds is 14. The first-order chi connectivity index (χ1) is 14.1. The van der Waals surface area contributed by atoms with Crippen LogP contribution in [0.1, 0.15) is 84.6 Å². The number of fused-ring (bicyclic) bond motifs is 1. The van der Waals surface area contributed by atoms with Crippen LogP contribution in [0.5, 0.6) is 11.5 Å². The van der Waals surface area contributed by atoms with Crippen molar-refractivity contribution in [3.63, 3.8) is 0 Å². The number of hydrogen-bond acceptors (Lipinski definition) is 2. The molecule has 0 aliphatic rings. The summed E-state index contributed by atoms with van der Waals surface area (Å²) >= 11 is 0. The zero-order valence-corrected chi connectivity index (χ0v) is 19.4. The van der Waals surface area contributed by atoms with Gasteiger partial charge in [-0.15, -0.1) is 0 Å². The second kappa shape index (κ2) is 12.8. The van der Waals surface area contributed by atoms with Crippen LogP contribution in [0.25, 0.3) is 10.8 Å². The predicted molar refractivity (Wildman–Crippen MR) is 126 cm³/mol.